The van der Waals surface area contributed by atoms with E-state index in [-0.39, 0.29) is 68.5 Å². The molecule has 4 aromatic heterocycles. The van der Waals surface area contributed by atoms with E-state index in [1.54, 1.807) is 146 Å². The zero-order chi connectivity index (χ0) is 56.7. The average Bonchev–Trinajstić information content (AvgIpc) is 4.15. The molecule has 6 heterocycles. The van der Waals surface area contributed by atoms with E-state index in [1.807, 2.05) is 0 Å². The topological polar surface area (TPSA) is 252 Å². The summed E-state index contributed by atoms with van der Waals surface area (Å²) in [5.41, 5.74) is -1.66. The van der Waals surface area contributed by atoms with Crippen molar-refractivity contribution >= 4 is 133 Å². The maximum absolute atomic E-state index is 15.6. The first-order valence-electron chi connectivity index (χ1n) is 24.4. The standard InChI is InChI=1S/C59H36N6O12S4/c1-31-37(25-60)51(66)64(57(72)76-29-35-19-11-5-12-20-35)53(68)45(31)62-41-23-39-47(80-41)43-49(78-39)50-44(59(43,55(70)74-27-33-15-7-3-8-16-33)56(71)75-28-34-17-9-4-10-18-34)48-40(79-50)24-42(81-48)63-46-32(2)38(26-61)52(67)65(54(46)69)58(73)77-30-36-21-13-6-14-22-36/h3-24H,27-30H2,1-2H3/b62-45+,63-46+. The molecule has 0 atom stereocenters. The second-order valence-electron chi connectivity index (χ2n) is 18.2. The quantitative estimate of drug-likeness (QED) is 0.0477. The number of aliphatic imine (C=N–C) groups is 2. The van der Waals surface area contributed by atoms with Gasteiger partial charge in [-0.1, -0.05) is 121 Å². The Morgan fingerprint density at radius 2 is 0.802 bits per heavy atom. The van der Waals surface area contributed by atoms with Crippen LogP contribution in [0.1, 0.15) is 47.2 Å². The molecular weight excluding hydrogens is 1110 g/mol. The van der Waals surface area contributed by atoms with Crippen LogP contribution in [0, 0.1) is 22.7 Å². The van der Waals surface area contributed by atoms with Crippen molar-refractivity contribution in [3.8, 4) is 21.9 Å². The molecule has 4 aromatic carbocycles. The second-order valence-corrected chi connectivity index (χ2v) is 22.3. The minimum atomic E-state index is -2.37. The van der Waals surface area contributed by atoms with Gasteiger partial charge in [0.05, 0.1) is 19.2 Å². The van der Waals surface area contributed by atoms with Crippen molar-refractivity contribution in [3.63, 3.8) is 0 Å². The highest BCUT2D eigenvalue weighted by Crippen LogP contribution is 2.64. The summed E-state index contributed by atoms with van der Waals surface area (Å²) < 4.78 is 24.8. The van der Waals surface area contributed by atoms with Gasteiger partial charge in [0.2, 0.25) is 5.41 Å². The van der Waals surface area contributed by atoms with Crippen LogP contribution in [0.3, 0.4) is 0 Å². The Morgan fingerprint density at radius 3 is 1.12 bits per heavy atom. The van der Waals surface area contributed by atoms with Crippen LogP contribution in [-0.2, 0) is 79.6 Å². The van der Waals surface area contributed by atoms with Gasteiger partial charge in [-0.05, 0) is 48.2 Å². The number of amides is 6. The Labute approximate surface area is 474 Å². The molecule has 398 valence electrons. The highest BCUT2D eigenvalue weighted by Gasteiger charge is 2.62. The normalized spacial score (nSPS) is 15.8. The molecule has 1 aliphatic carbocycles. The van der Waals surface area contributed by atoms with Crippen molar-refractivity contribution in [2.75, 3.05) is 0 Å². The number of thiophene rings is 4. The Bertz CT molecular complexity index is 3960. The first-order chi connectivity index (χ1) is 39.2. The molecule has 18 nitrogen and oxygen atoms in total. The molecule has 0 saturated carbocycles. The van der Waals surface area contributed by atoms with E-state index in [9.17, 15) is 39.3 Å². The summed E-state index contributed by atoms with van der Waals surface area (Å²) in [6.07, 6.45) is -2.64. The fourth-order valence-corrected chi connectivity index (χ4v) is 14.7. The number of hydrogen-bond donors (Lipinski definition) is 0. The molecule has 0 spiro atoms. The lowest BCUT2D eigenvalue weighted by Gasteiger charge is -2.27. The van der Waals surface area contributed by atoms with Crippen LogP contribution in [0.2, 0.25) is 0 Å². The van der Waals surface area contributed by atoms with E-state index < -0.39 is 75.7 Å². The van der Waals surface area contributed by atoms with Crippen LogP contribution in [0.4, 0.5) is 19.6 Å². The summed E-state index contributed by atoms with van der Waals surface area (Å²) in [7, 11) is 0. The van der Waals surface area contributed by atoms with E-state index in [0.29, 0.717) is 50.8 Å². The van der Waals surface area contributed by atoms with Gasteiger partial charge >= 0.3 is 24.1 Å². The van der Waals surface area contributed by atoms with Crippen LogP contribution in [-0.4, -0.2) is 69.0 Å². The van der Waals surface area contributed by atoms with Crippen LogP contribution >= 0.6 is 45.3 Å². The van der Waals surface area contributed by atoms with Crippen molar-refractivity contribution in [1.29, 1.82) is 10.5 Å². The number of carbonyl (C=O) groups is 8. The number of nitriles is 2. The predicted octanol–water partition coefficient (Wildman–Crippen LogP) is 11.2. The number of benzene rings is 4. The van der Waals surface area contributed by atoms with Gasteiger partial charge in [0.1, 0.15) is 71.1 Å². The Morgan fingerprint density at radius 1 is 0.481 bits per heavy atom. The lowest BCUT2D eigenvalue weighted by Crippen LogP contribution is -2.50. The van der Waals surface area contributed by atoms with E-state index >= 15 is 9.59 Å². The Balaban J connectivity index is 1.04. The van der Waals surface area contributed by atoms with Crippen LogP contribution in [0.15, 0.2) is 166 Å². The second kappa shape index (κ2) is 21.8. The van der Waals surface area contributed by atoms with E-state index in [2.05, 4.69) is 9.98 Å². The van der Waals surface area contributed by atoms with Crippen LogP contribution in [0.25, 0.3) is 28.6 Å². The zero-order valence-corrected chi connectivity index (χ0v) is 45.5. The highest BCUT2D eigenvalue weighted by molar-refractivity contribution is 7.36. The van der Waals surface area contributed by atoms with Crippen molar-refractivity contribution in [2.24, 2.45) is 9.98 Å². The number of imide groups is 6. The van der Waals surface area contributed by atoms with Crippen LogP contribution in [0.5, 0.6) is 0 Å². The van der Waals surface area contributed by atoms with Gasteiger partial charge in [-0.3, -0.25) is 28.8 Å². The molecule has 0 fully saturated rings. The number of carbonyl (C=O) groups excluding carboxylic acids is 8. The summed E-state index contributed by atoms with van der Waals surface area (Å²) in [5, 5.41) is 20.5. The molecule has 2 aliphatic heterocycles. The minimum absolute atomic E-state index is 0.0988. The van der Waals surface area contributed by atoms with Gasteiger partial charge in [-0.25, -0.2) is 19.6 Å². The summed E-state index contributed by atoms with van der Waals surface area (Å²) >= 11 is 4.42. The first-order valence-corrected chi connectivity index (χ1v) is 27.6. The molecule has 22 heteroatoms. The third-order valence-electron chi connectivity index (χ3n) is 13.2. The summed E-state index contributed by atoms with van der Waals surface area (Å²) in [4.78, 5) is 124. The average molecular weight is 1150 g/mol. The van der Waals surface area contributed by atoms with Gasteiger partial charge < -0.3 is 18.9 Å². The van der Waals surface area contributed by atoms with Crippen molar-refractivity contribution in [3.05, 3.63) is 189 Å². The van der Waals surface area contributed by atoms with Gasteiger partial charge in [-0.15, -0.1) is 45.3 Å². The fourth-order valence-electron chi connectivity index (χ4n) is 9.29. The third kappa shape index (κ3) is 9.41. The van der Waals surface area contributed by atoms with Crippen molar-refractivity contribution < 1.29 is 57.3 Å². The molecule has 81 heavy (non-hydrogen) atoms. The number of esters is 2. The van der Waals surface area contributed by atoms with Crippen molar-refractivity contribution in [1.82, 2.24) is 9.80 Å². The molecule has 0 bridgehead atoms. The molecule has 0 unspecified atom stereocenters. The van der Waals surface area contributed by atoms with Gasteiger partial charge in [-0.2, -0.15) is 20.3 Å². The monoisotopic (exact) mass is 1150 g/mol. The fraction of sp³-hybridized carbons (Fsp3) is 0.119. The SMILES string of the molecule is CC1=C(C#N)C(=O)N(C(=O)OCc2ccccc2)C(=O)/C1=N/c1cc2sc3c(c2s1)C(C(=O)OCc1ccccc1)(C(=O)OCc1ccccc1)c1c-3sc2cc(/N=C3/C(=O)N(C(=O)OCc4ccccc4)C(=O)C(C#N)=C3C)sc12. The predicted molar refractivity (Wildman–Crippen MR) is 299 cm³/mol. The summed E-state index contributed by atoms with van der Waals surface area (Å²) in [6.45, 7) is 1.62. The third-order valence-corrected chi connectivity index (χ3v) is 18.0. The lowest BCUT2D eigenvalue weighted by atomic mass is 9.79. The molecule has 0 saturated heterocycles. The smallest absolute Gasteiger partial charge is 0.424 e. The lowest BCUT2D eigenvalue weighted by molar-refractivity contribution is -0.164. The molecule has 11 rings (SSSR count). The molecule has 6 amide bonds. The number of hydrogen-bond acceptors (Lipinski definition) is 20. The number of ether oxygens (including phenoxy) is 4. The number of rotatable bonds is 12. The summed E-state index contributed by atoms with van der Waals surface area (Å²) in [6, 6.07) is 41.6. The molecule has 0 N–H and O–H groups in total. The largest absolute Gasteiger partial charge is 0.459 e. The Kier molecular flexibility index (Phi) is 14.3. The molecule has 0 radical (unpaired) electrons. The van der Waals surface area contributed by atoms with E-state index in [4.69, 9.17) is 18.9 Å². The van der Waals surface area contributed by atoms with E-state index in [0.717, 1.165) is 22.7 Å². The Hall–Kier alpha value is -9.84. The minimum Gasteiger partial charge on any atom is -0.459 e. The highest BCUT2D eigenvalue weighted by atomic mass is 32.1. The summed E-state index contributed by atoms with van der Waals surface area (Å²) in [5.74, 6) is -6.66. The molecular formula is C59H36N6O12S4. The van der Waals surface area contributed by atoms with E-state index in [1.165, 1.54) is 36.5 Å². The first kappa shape index (κ1) is 53.2. The van der Waals surface area contributed by atoms with Crippen LogP contribution < -0.4 is 0 Å². The number of fused-ring (bicyclic) bond motifs is 7. The van der Waals surface area contributed by atoms with Gasteiger partial charge in [0.15, 0.2) is 0 Å². The van der Waals surface area contributed by atoms with Crippen molar-refractivity contribution in [2.45, 2.75) is 45.7 Å². The molecule has 8 aromatic rings. The number of nitrogens with zero attached hydrogens (tertiary/aromatic N) is 6. The zero-order valence-electron chi connectivity index (χ0n) is 42.2. The maximum atomic E-state index is 15.6. The van der Waals surface area contributed by atoms with Gasteiger partial charge in [0.25, 0.3) is 23.6 Å². The van der Waals surface area contributed by atoms with Gasteiger partial charge in [0, 0.05) is 31.7 Å². The molecule has 3 aliphatic rings. The maximum Gasteiger partial charge on any atom is 0.424 e.